The number of benzene rings is 1. The third-order valence-corrected chi connectivity index (χ3v) is 3.72. The minimum absolute atomic E-state index is 0.00719. The Balaban J connectivity index is 2.90. The maximum atomic E-state index is 11.3. The molecule has 0 saturated heterocycles. The van der Waals surface area contributed by atoms with Gasteiger partial charge in [0.25, 0.3) is 0 Å². The number of carbonyl (C=O) groups is 1. The number of sulfone groups is 1. The molecule has 0 N–H and O–H groups in total. The van der Waals surface area contributed by atoms with Gasteiger partial charge in [0.05, 0.1) is 18.4 Å². The van der Waals surface area contributed by atoms with Gasteiger partial charge in [-0.3, -0.25) is 0 Å². The van der Waals surface area contributed by atoms with Crippen LogP contribution < -0.4 is 0 Å². The molecule has 0 radical (unpaired) electrons. The Hall–Kier alpha value is -1.80. The third kappa shape index (κ3) is 5.45. The molecule has 1 rings (SSSR count). The summed E-state index contributed by atoms with van der Waals surface area (Å²) < 4.78 is 27.2. The molecule has 0 bridgehead atoms. The highest BCUT2D eigenvalue weighted by Gasteiger charge is 2.20. The fourth-order valence-electron chi connectivity index (χ4n) is 1.74. The van der Waals surface area contributed by atoms with Gasteiger partial charge in [0.1, 0.15) is 9.84 Å². The zero-order chi connectivity index (χ0) is 15.4. The SMILES string of the molecule is COC(=O)c1ccc(C#CC(C)(C)CS(C)(=O)=O)cc1. The van der Waals surface area contributed by atoms with E-state index < -0.39 is 21.2 Å². The number of rotatable bonds is 3. The molecule has 0 aliphatic carbocycles. The predicted molar refractivity (Wildman–Crippen MR) is 78.2 cm³/mol. The second kappa shape index (κ2) is 6.10. The molecule has 1 aromatic carbocycles. The molecule has 4 nitrogen and oxygen atoms in total. The Morgan fingerprint density at radius 1 is 1.25 bits per heavy atom. The maximum Gasteiger partial charge on any atom is 0.337 e. The molecule has 0 aliphatic heterocycles. The van der Waals surface area contributed by atoms with Gasteiger partial charge in [-0.1, -0.05) is 11.8 Å². The highest BCUT2D eigenvalue weighted by atomic mass is 32.2. The monoisotopic (exact) mass is 294 g/mol. The van der Waals surface area contributed by atoms with Crippen LogP contribution in [0.5, 0.6) is 0 Å². The summed E-state index contributed by atoms with van der Waals surface area (Å²) in [6.07, 6.45) is 1.20. The van der Waals surface area contributed by atoms with E-state index in [0.29, 0.717) is 5.56 Å². The van der Waals surface area contributed by atoms with Gasteiger partial charge in [0.15, 0.2) is 0 Å². The first kappa shape index (κ1) is 16.3. The van der Waals surface area contributed by atoms with Crippen LogP contribution in [0.3, 0.4) is 0 Å². The molecule has 0 saturated carbocycles. The molecule has 0 aliphatic rings. The molecular formula is C15H18O4S. The van der Waals surface area contributed by atoms with Crippen LogP contribution in [0.15, 0.2) is 24.3 Å². The van der Waals surface area contributed by atoms with Crippen LogP contribution in [0.25, 0.3) is 0 Å². The number of hydrogen-bond acceptors (Lipinski definition) is 4. The smallest absolute Gasteiger partial charge is 0.337 e. The van der Waals surface area contributed by atoms with E-state index in [1.54, 1.807) is 38.1 Å². The summed E-state index contributed by atoms with van der Waals surface area (Å²) in [5.41, 5.74) is 0.557. The summed E-state index contributed by atoms with van der Waals surface area (Å²) >= 11 is 0. The van der Waals surface area contributed by atoms with Crippen LogP contribution in [0.4, 0.5) is 0 Å². The number of esters is 1. The second-order valence-corrected chi connectivity index (χ2v) is 7.41. The topological polar surface area (TPSA) is 60.4 Å². The minimum atomic E-state index is -3.07. The van der Waals surface area contributed by atoms with Crippen molar-refractivity contribution in [1.29, 1.82) is 0 Å². The molecule has 5 heteroatoms. The third-order valence-electron chi connectivity index (χ3n) is 2.47. The van der Waals surface area contributed by atoms with Crippen molar-refractivity contribution in [3.63, 3.8) is 0 Å². The van der Waals surface area contributed by atoms with E-state index in [2.05, 4.69) is 16.6 Å². The highest BCUT2D eigenvalue weighted by molar-refractivity contribution is 7.90. The van der Waals surface area contributed by atoms with Crippen LogP contribution in [0.1, 0.15) is 29.8 Å². The van der Waals surface area contributed by atoms with Gasteiger partial charge in [-0.25, -0.2) is 13.2 Å². The van der Waals surface area contributed by atoms with Gasteiger partial charge in [-0.05, 0) is 38.1 Å². The van der Waals surface area contributed by atoms with E-state index in [1.807, 2.05) is 0 Å². The lowest BCUT2D eigenvalue weighted by molar-refractivity contribution is 0.0600. The molecule has 20 heavy (non-hydrogen) atoms. The van der Waals surface area contributed by atoms with Crippen molar-refractivity contribution in [1.82, 2.24) is 0 Å². The van der Waals surface area contributed by atoms with Crippen LogP contribution in [0, 0.1) is 17.3 Å². The second-order valence-electron chi connectivity index (χ2n) is 5.27. The fraction of sp³-hybridized carbons (Fsp3) is 0.400. The minimum Gasteiger partial charge on any atom is -0.465 e. The normalized spacial score (nSPS) is 11.4. The first-order valence-electron chi connectivity index (χ1n) is 6.02. The summed E-state index contributed by atoms with van der Waals surface area (Å²) in [6.45, 7) is 3.56. The molecule has 0 atom stereocenters. The van der Waals surface area contributed by atoms with E-state index >= 15 is 0 Å². The molecule has 0 fully saturated rings. The Morgan fingerprint density at radius 2 is 1.80 bits per heavy atom. The van der Waals surface area contributed by atoms with Gasteiger partial charge in [0, 0.05) is 17.2 Å². The first-order valence-corrected chi connectivity index (χ1v) is 8.08. The van der Waals surface area contributed by atoms with E-state index in [1.165, 1.54) is 13.4 Å². The highest BCUT2D eigenvalue weighted by Crippen LogP contribution is 2.16. The summed E-state index contributed by atoms with van der Waals surface area (Å²) in [5.74, 6) is 5.48. The van der Waals surface area contributed by atoms with Gasteiger partial charge in [-0.2, -0.15) is 0 Å². The number of methoxy groups -OCH3 is 1. The molecule has 108 valence electrons. The number of ether oxygens (including phenoxy) is 1. The van der Waals surface area contributed by atoms with Crippen LogP contribution in [0.2, 0.25) is 0 Å². The van der Waals surface area contributed by atoms with Crippen LogP contribution >= 0.6 is 0 Å². The average Bonchev–Trinajstić information content (AvgIpc) is 2.33. The Bertz CT molecular complexity index is 643. The van der Waals surface area contributed by atoms with Gasteiger partial charge < -0.3 is 4.74 Å². The van der Waals surface area contributed by atoms with Crippen molar-refractivity contribution in [2.24, 2.45) is 5.41 Å². The molecule has 0 aromatic heterocycles. The number of hydrogen-bond donors (Lipinski definition) is 0. The van der Waals surface area contributed by atoms with E-state index in [0.717, 1.165) is 5.56 Å². The predicted octanol–water partition coefficient (Wildman–Crippen LogP) is 1.90. The van der Waals surface area contributed by atoms with Crippen molar-refractivity contribution in [2.75, 3.05) is 19.1 Å². The van der Waals surface area contributed by atoms with Crippen molar-refractivity contribution < 1.29 is 17.9 Å². The molecule has 0 unspecified atom stereocenters. The largest absolute Gasteiger partial charge is 0.465 e. The number of carbonyl (C=O) groups excluding carboxylic acids is 1. The zero-order valence-corrected chi connectivity index (χ0v) is 12.9. The van der Waals surface area contributed by atoms with Crippen molar-refractivity contribution in [3.8, 4) is 11.8 Å². The Morgan fingerprint density at radius 3 is 2.25 bits per heavy atom. The average molecular weight is 294 g/mol. The van der Waals surface area contributed by atoms with Crippen LogP contribution in [-0.4, -0.2) is 33.5 Å². The summed E-state index contributed by atoms with van der Waals surface area (Å²) in [6, 6.07) is 6.66. The Kier molecular flexibility index (Phi) is 4.96. The zero-order valence-electron chi connectivity index (χ0n) is 12.1. The van der Waals surface area contributed by atoms with Gasteiger partial charge in [0.2, 0.25) is 0 Å². The van der Waals surface area contributed by atoms with E-state index in [4.69, 9.17) is 0 Å². The lowest BCUT2D eigenvalue weighted by Crippen LogP contribution is -2.21. The molecule has 1 aromatic rings. The first-order chi connectivity index (χ1) is 9.13. The quantitative estimate of drug-likeness (QED) is 0.631. The van der Waals surface area contributed by atoms with Crippen molar-refractivity contribution >= 4 is 15.8 Å². The van der Waals surface area contributed by atoms with Gasteiger partial charge in [-0.15, -0.1) is 0 Å². The summed E-state index contributed by atoms with van der Waals surface area (Å²) in [5, 5.41) is 0. The lowest BCUT2D eigenvalue weighted by atomic mass is 9.97. The molecular weight excluding hydrogens is 276 g/mol. The van der Waals surface area contributed by atoms with Crippen molar-refractivity contribution in [2.45, 2.75) is 13.8 Å². The summed E-state index contributed by atoms with van der Waals surface area (Å²) in [7, 11) is -1.75. The molecule has 0 amide bonds. The van der Waals surface area contributed by atoms with E-state index in [9.17, 15) is 13.2 Å². The molecule has 0 heterocycles. The lowest BCUT2D eigenvalue weighted by Gasteiger charge is -2.15. The standard InChI is InChI=1S/C15H18O4S/c1-15(2,11-20(4,17)18)10-9-12-5-7-13(8-6-12)14(16)19-3/h5-8H,11H2,1-4H3. The summed E-state index contributed by atoms with van der Waals surface area (Å²) in [4.78, 5) is 11.3. The van der Waals surface area contributed by atoms with Crippen molar-refractivity contribution in [3.05, 3.63) is 35.4 Å². The Labute approximate surface area is 120 Å². The maximum absolute atomic E-state index is 11.3. The van der Waals surface area contributed by atoms with Gasteiger partial charge >= 0.3 is 5.97 Å². The van der Waals surface area contributed by atoms with E-state index in [-0.39, 0.29) is 5.75 Å². The molecule has 0 spiro atoms. The fourth-order valence-corrected chi connectivity index (χ4v) is 3.12. The van der Waals surface area contributed by atoms with Crippen LogP contribution in [-0.2, 0) is 14.6 Å².